The summed E-state index contributed by atoms with van der Waals surface area (Å²) in [7, 11) is 1.64. The molecule has 2 aromatic carbocycles. The number of carbonyl (C=O) groups excluding carboxylic acids is 3. The Morgan fingerprint density at radius 2 is 1.89 bits per heavy atom. The number of anilines is 1. The van der Waals surface area contributed by atoms with E-state index < -0.39 is 5.25 Å². The van der Waals surface area contributed by atoms with E-state index in [2.05, 4.69) is 26.6 Å². The van der Waals surface area contributed by atoms with Crippen molar-refractivity contribution in [3.63, 3.8) is 0 Å². The molecule has 0 saturated carbocycles. The van der Waals surface area contributed by atoms with E-state index in [0.29, 0.717) is 24.2 Å². The zero-order chi connectivity index (χ0) is 24.8. The van der Waals surface area contributed by atoms with Gasteiger partial charge in [0, 0.05) is 37.3 Å². The second kappa shape index (κ2) is 11.4. The van der Waals surface area contributed by atoms with Gasteiger partial charge in [-0.15, -0.1) is 0 Å². The zero-order valence-corrected chi connectivity index (χ0v) is 20.8. The van der Waals surface area contributed by atoms with Crippen LogP contribution in [0.1, 0.15) is 40.7 Å². The van der Waals surface area contributed by atoms with E-state index in [0.717, 1.165) is 48.0 Å². The molecule has 2 aliphatic heterocycles. The van der Waals surface area contributed by atoms with Gasteiger partial charge in [0.15, 0.2) is 5.17 Å². The summed E-state index contributed by atoms with van der Waals surface area (Å²) in [5.41, 5.74) is 3.26. The number of nitrogens with one attached hydrogen (secondary N) is 2. The molecule has 2 N–H and O–H groups in total. The topological polar surface area (TPSA) is 100 Å². The molecular formula is C26H30N4O4S. The summed E-state index contributed by atoms with van der Waals surface area (Å²) in [6.45, 7) is 4.33. The number of carbonyl (C=O) groups is 3. The van der Waals surface area contributed by atoms with Crippen LogP contribution in [0.5, 0.6) is 5.75 Å². The molecular weight excluding hydrogens is 464 g/mol. The molecule has 0 unspecified atom stereocenters. The summed E-state index contributed by atoms with van der Waals surface area (Å²) in [6.07, 6.45) is 2.93. The number of thioether (sulfide) groups is 1. The summed E-state index contributed by atoms with van der Waals surface area (Å²) in [5, 5.41) is 5.98. The quantitative estimate of drug-likeness (QED) is 0.584. The lowest BCUT2D eigenvalue weighted by Gasteiger charge is -2.16. The average Bonchev–Trinajstić information content (AvgIpc) is 3.50. The van der Waals surface area contributed by atoms with Crippen molar-refractivity contribution in [3.8, 4) is 5.75 Å². The Balaban J connectivity index is 1.23. The Morgan fingerprint density at radius 3 is 2.60 bits per heavy atom. The number of amidine groups is 1. The van der Waals surface area contributed by atoms with Gasteiger partial charge in [0.2, 0.25) is 5.91 Å². The van der Waals surface area contributed by atoms with Crippen LogP contribution in [-0.2, 0) is 16.0 Å². The fourth-order valence-corrected chi connectivity index (χ4v) is 5.27. The van der Waals surface area contributed by atoms with E-state index in [4.69, 9.17) is 4.74 Å². The maximum Gasteiger partial charge on any atom is 0.262 e. The van der Waals surface area contributed by atoms with Crippen molar-refractivity contribution in [2.45, 2.75) is 37.9 Å². The Bertz CT molecular complexity index is 1130. The summed E-state index contributed by atoms with van der Waals surface area (Å²) < 4.78 is 5.39. The number of hydrogen-bond donors (Lipinski definition) is 2. The van der Waals surface area contributed by atoms with Crippen molar-refractivity contribution in [2.75, 3.05) is 32.1 Å². The summed E-state index contributed by atoms with van der Waals surface area (Å²) in [6, 6.07) is 12.7. The van der Waals surface area contributed by atoms with Gasteiger partial charge in [-0.3, -0.25) is 14.4 Å². The molecule has 2 aliphatic rings. The van der Waals surface area contributed by atoms with Gasteiger partial charge < -0.3 is 20.3 Å². The highest BCUT2D eigenvalue weighted by atomic mass is 32.2. The third kappa shape index (κ3) is 6.42. The van der Waals surface area contributed by atoms with Crippen LogP contribution < -0.4 is 15.4 Å². The predicted molar refractivity (Wildman–Crippen MR) is 138 cm³/mol. The Hall–Kier alpha value is -3.33. The maximum absolute atomic E-state index is 12.5. The van der Waals surface area contributed by atoms with E-state index in [1.54, 1.807) is 31.4 Å². The summed E-state index contributed by atoms with van der Waals surface area (Å²) >= 11 is 1.37. The lowest BCUT2D eigenvalue weighted by atomic mass is 10.1. The predicted octanol–water partition coefficient (Wildman–Crippen LogP) is 3.40. The first kappa shape index (κ1) is 24.8. The third-order valence-corrected chi connectivity index (χ3v) is 7.24. The Kier molecular flexibility index (Phi) is 8.07. The lowest BCUT2D eigenvalue weighted by molar-refractivity contribution is -0.121. The molecule has 9 heteroatoms. The van der Waals surface area contributed by atoms with Crippen LogP contribution in [0.25, 0.3) is 0 Å². The number of methoxy groups -OCH3 is 1. The summed E-state index contributed by atoms with van der Waals surface area (Å²) in [4.78, 5) is 43.5. The molecule has 3 amide bonds. The van der Waals surface area contributed by atoms with Gasteiger partial charge in [-0.25, -0.2) is 0 Å². The van der Waals surface area contributed by atoms with E-state index in [-0.39, 0.29) is 24.1 Å². The van der Waals surface area contributed by atoms with E-state index in [1.165, 1.54) is 11.8 Å². The van der Waals surface area contributed by atoms with Crippen molar-refractivity contribution in [1.29, 1.82) is 0 Å². The molecule has 1 atom stereocenters. The number of amides is 3. The highest BCUT2D eigenvalue weighted by molar-refractivity contribution is 8.15. The molecule has 8 nitrogen and oxygen atoms in total. The van der Waals surface area contributed by atoms with Crippen molar-refractivity contribution in [1.82, 2.24) is 10.2 Å². The van der Waals surface area contributed by atoms with Crippen LogP contribution in [0.4, 0.5) is 5.69 Å². The highest BCUT2D eigenvalue weighted by Crippen LogP contribution is 2.29. The molecule has 35 heavy (non-hydrogen) atoms. The van der Waals surface area contributed by atoms with Crippen LogP contribution in [0.2, 0.25) is 0 Å². The molecule has 1 fully saturated rings. The van der Waals surface area contributed by atoms with E-state index >= 15 is 0 Å². The number of aryl methyl sites for hydroxylation is 1. The van der Waals surface area contributed by atoms with Crippen LogP contribution in [-0.4, -0.2) is 59.8 Å². The number of ether oxygens (including phenoxy) is 1. The molecule has 184 valence electrons. The fraction of sp³-hybridized carbons (Fsp3) is 0.385. The van der Waals surface area contributed by atoms with Gasteiger partial charge in [0.05, 0.1) is 7.11 Å². The van der Waals surface area contributed by atoms with Crippen molar-refractivity contribution in [3.05, 3.63) is 59.2 Å². The van der Waals surface area contributed by atoms with Crippen LogP contribution >= 0.6 is 11.8 Å². The second-order valence-corrected chi connectivity index (χ2v) is 9.85. The van der Waals surface area contributed by atoms with Gasteiger partial charge in [-0.2, -0.15) is 4.99 Å². The smallest absolute Gasteiger partial charge is 0.262 e. The minimum atomic E-state index is -0.484. The van der Waals surface area contributed by atoms with Gasteiger partial charge in [0.25, 0.3) is 11.8 Å². The average molecular weight is 495 g/mol. The van der Waals surface area contributed by atoms with Crippen LogP contribution in [0, 0.1) is 6.92 Å². The molecule has 2 heterocycles. The normalized spacial score (nSPS) is 17.3. The first-order chi connectivity index (χ1) is 16.9. The largest absolute Gasteiger partial charge is 0.496 e. The molecule has 2 aromatic rings. The first-order valence-electron chi connectivity index (χ1n) is 11.8. The summed E-state index contributed by atoms with van der Waals surface area (Å²) in [5.74, 6) is 0.121. The SMILES string of the molecule is COc1ccc(C)cc1CCNC(=O)c1ccc(NC(=O)C[C@@H]2SC(N3CCCC3)=NC2=O)cc1. The lowest BCUT2D eigenvalue weighted by Crippen LogP contribution is -2.26. The first-order valence-corrected chi connectivity index (χ1v) is 12.7. The van der Waals surface area contributed by atoms with Crippen molar-refractivity contribution in [2.24, 2.45) is 4.99 Å². The third-order valence-electron chi connectivity index (χ3n) is 6.02. The van der Waals surface area contributed by atoms with E-state index in [9.17, 15) is 14.4 Å². The standard InChI is InChI=1S/C26H30N4O4S/c1-17-5-10-21(34-2)19(15-17)11-12-27-24(32)18-6-8-20(9-7-18)28-23(31)16-22-25(33)29-26(35-22)30-13-3-4-14-30/h5-10,15,22H,3-4,11-14,16H2,1-2H3,(H,27,32)(H,28,31)/t22-/m0/s1. The van der Waals surface area contributed by atoms with Crippen molar-refractivity contribution >= 4 is 40.3 Å². The molecule has 0 bridgehead atoms. The molecule has 0 spiro atoms. The molecule has 0 radical (unpaired) electrons. The number of benzene rings is 2. The monoisotopic (exact) mass is 494 g/mol. The Morgan fingerprint density at radius 1 is 1.14 bits per heavy atom. The highest BCUT2D eigenvalue weighted by Gasteiger charge is 2.33. The van der Waals surface area contributed by atoms with E-state index in [1.807, 2.05) is 19.1 Å². The van der Waals surface area contributed by atoms with Gasteiger partial charge in [0.1, 0.15) is 11.0 Å². The number of likely N-dealkylation sites (tertiary alicyclic amines) is 1. The number of aliphatic imine (C=N–C) groups is 1. The second-order valence-electron chi connectivity index (χ2n) is 8.68. The molecule has 0 aliphatic carbocycles. The molecule has 0 aromatic heterocycles. The van der Waals surface area contributed by atoms with Crippen LogP contribution in [0.15, 0.2) is 47.5 Å². The Labute approximate surface area is 209 Å². The number of hydrogen-bond acceptors (Lipinski definition) is 6. The van der Waals surface area contributed by atoms with Gasteiger partial charge in [-0.1, -0.05) is 29.5 Å². The fourth-order valence-electron chi connectivity index (χ4n) is 4.15. The molecule has 1 saturated heterocycles. The van der Waals surface area contributed by atoms with Gasteiger partial charge >= 0.3 is 0 Å². The molecule has 4 rings (SSSR count). The number of rotatable bonds is 8. The minimum absolute atomic E-state index is 0.0645. The van der Waals surface area contributed by atoms with Crippen molar-refractivity contribution < 1.29 is 19.1 Å². The number of nitrogens with zero attached hydrogens (tertiary/aromatic N) is 2. The minimum Gasteiger partial charge on any atom is -0.496 e. The maximum atomic E-state index is 12.5. The zero-order valence-electron chi connectivity index (χ0n) is 20.0. The van der Waals surface area contributed by atoms with Crippen LogP contribution in [0.3, 0.4) is 0 Å². The van der Waals surface area contributed by atoms with Gasteiger partial charge in [-0.05, 0) is 62.1 Å².